The zero-order valence-corrected chi connectivity index (χ0v) is 13.0. The van der Waals surface area contributed by atoms with Crippen molar-refractivity contribution in [2.75, 3.05) is 25.6 Å². The third-order valence-electron chi connectivity index (χ3n) is 3.05. The Hall–Kier alpha value is -1.46. The van der Waals surface area contributed by atoms with Gasteiger partial charge in [0.25, 0.3) is 0 Å². The minimum absolute atomic E-state index is 0.174. The monoisotopic (exact) mass is 277 g/mol. The number of hydrogen-bond acceptors (Lipinski definition) is 4. The minimum Gasteiger partial charge on any atom is -0.490 e. The maximum atomic E-state index is 9.63. The highest BCUT2D eigenvalue weighted by Gasteiger charge is 2.27. The highest BCUT2D eigenvalue weighted by molar-refractivity contribution is 6.60. The van der Waals surface area contributed by atoms with Crippen LogP contribution in [0.4, 0.5) is 5.69 Å². The predicted octanol–water partition coefficient (Wildman–Crippen LogP) is 1.29. The fourth-order valence-electron chi connectivity index (χ4n) is 1.95. The summed E-state index contributed by atoms with van der Waals surface area (Å²) in [5, 5.41) is 19.3. The van der Waals surface area contributed by atoms with E-state index in [4.69, 9.17) is 4.74 Å². The van der Waals surface area contributed by atoms with Crippen LogP contribution in [0.5, 0.6) is 5.75 Å². The van der Waals surface area contributed by atoms with Gasteiger partial charge in [-0.1, -0.05) is 33.4 Å². The molecule has 0 aliphatic heterocycles. The van der Waals surface area contributed by atoms with Crippen LogP contribution in [0.1, 0.15) is 26.3 Å². The summed E-state index contributed by atoms with van der Waals surface area (Å²) in [7, 11) is 2.26. The first-order valence-electron chi connectivity index (χ1n) is 6.64. The van der Waals surface area contributed by atoms with Gasteiger partial charge in [-0.15, -0.1) is 0 Å². The van der Waals surface area contributed by atoms with E-state index in [2.05, 4.69) is 27.4 Å². The zero-order chi connectivity index (χ0) is 15.5. The van der Waals surface area contributed by atoms with Crippen LogP contribution in [0, 0.1) is 0 Å². The van der Waals surface area contributed by atoms with Gasteiger partial charge in [0.05, 0.1) is 0 Å². The first-order chi connectivity index (χ1) is 9.18. The van der Waals surface area contributed by atoms with Gasteiger partial charge >= 0.3 is 7.12 Å². The van der Waals surface area contributed by atoms with Gasteiger partial charge in [-0.2, -0.15) is 0 Å². The van der Waals surface area contributed by atoms with E-state index >= 15 is 0 Å². The van der Waals surface area contributed by atoms with Crippen LogP contribution in [-0.4, -0.2) is 37.9 Å². The Morgan fingerprint density at radius 2 is 1.90 bits per heavy atom. The Morgan fingerprint density at radius 3 is 2.30 bits per heavy atom. The van der Waals surface area contributed by atoms with Crippen molar-refractivity contribution in [1.29, 1.82) is 0 Å². The van der Waals surface area contributed by atoms with Crippen molar-refractivity contribution < 1.29 is 14.8 Å². The van der Waals surface area contributed by atoms with E-state index < -0.39 is 7.12 Å². The van der Waals surface area contributed by atoms with E-state index in [-0.39, 0.29) is 5.41 Å². The number of ether oxygens (including phenoxy) is 1. The number of rotatable bonds is 5. The molecule has 110 valence electrons. The molecule has 0 amide bonds. The third-order valence-corrected chi connectivity index (χ3v) is 3.05. The van der Waals surface area contributed by atoms with E-state index in [0.717, 1.165) is 11.3 Å². The Labute approximate surface area is 121 Å². The third kappa shape index (κ3) is 3.77. The molecule has 0 spiro atoms. The van der Waals surface area contributed by atoms with Gasteiger partial charge in [0, 0.05) is 30.8 Å². The molecule has 0 aliphatic carbocycles. The fraction of sp³-hybridized carbons (Fsp3) is 0.467. The molecular weight excluding hydrogens is 253 g/mol. The predicted molar refractivity (Wildman–Crippen MR) is 85.0 cm³/mol. The number of nitrogens with zero attached hydrogens (tertiary/aromatic N) is 1. The van der Waals surface area contributed by atoms with E-state index in [1.54, 1.807) is 12.1 Å². The molecule has 0 heterocycles. The quantitative estimate of drug-likeness (QED) is 0.629. The molecule has 0 aromatic heterocycles. The molecule has 0 radical (unpaired) electrons. The summed E-state index contributed by atoms with van der Waals surface area (Å²) in [6.07, 6.45) is 1.64. The minimum atomic E-state index is -1.57. The fourth-order valence-corrected chi connectivity index (χ4v) is 1.95. The summed E-state index contributed by atoms with van der Waals surface area (Å²) < 4.78 is 5.68. The average Bonchev–Trinajstić information content (AvgIpc) is 2.33. The van der Waals surface area contributed by atoms with Crippen LogP contribution in [-0.2, 0) is 5.41 Å². The second-order valence-corrected chi connectivity index (χ2v) is 6.03. The molecule has 0 atom stereocenters. The van der Waals surface area contributed by atoms with Crippen LogP contribution in [0.15, 0.2) is 24.8 Å². The maximum absolute atomic E-state index is 9.63. The Morgan fingerprint density at radius 1 is 1.30 bits per heavy atom. The van der Waals surface area contributed by atoms with Gasteiger partial charge < -0.3 is 19.7 Å². The lowest BCUT2D eigenvalue weighted by Crippen LogP contribution is -2.34. The molecular formula is C15H24BNO3. The van der Waals surface area contributed by atoms with E-state index in [1.165, 1.54) is 0 Å². The molecule has 0 saturated carbocycles. The summed E-state index contributed by atoms with van der Waals surface area (Å²) in [6.45, 7) is 10.1. The van der Waals surface area contributed by atoms with Crippen molar-refractivity contribution in [2.24, 2.45) is 0 Å². The van der Waals surface area contributed by atoms with Gasteiger partial charge in [-0.05, 0) is 17.5 Å². The molecule has 4 nitrogen and oxygen atoms in total. The Bertz CT molecular complexity index is 479. The van der Waals surface area contributed by atoms with Crippen molar-refractivity contribution in [2.45, 2.75) is 26.2 Å². The van der Waals surface area contributed by atoms with Crippen molar-refractivity contribution in [3.63, 3.8) is 0 Å². The van der Waals surface area contributed by atoms with Crippen LogP contribution in [0.2, 0.25) is 0 Å². The Balaban J connectivity index is 3.53. The SMILES string of the molecule is C=CCOc1c(B(O)O)cc(N(C)C)cc1C(C)(C)C. The van der Waals surface area contributed by atoms with Gasteiger partial charge in [0.15, 0.2) is 0 Å². The second kappa shape index (κ2) is 6.33. The number of anilines is 1. The lowest BCUT2D eigenvalue weighted by molar-refractivity contribution is 0.350. The largest absolute Gasteiger partial charge is 0.492 e. The maximum Gasteiger partial charge on any atom is 0.492 e. The highest BCUT2D eigenvalue weighted by atomic mass is 16.5. The summed E-state index contributed by atoms with van der Waals surface area (Å²) in [6, 6.07) is 3.75. The van der Waals surface area contributed by atoms with E-state index in [1.807, 2.05) is 25.1 Å². The molecule has 1 aromatic carbocycles. The molecule has 0 aliphatic rings. The van der Waals surface area contributed by atoms with Gasteiger partial charge in [0.2, 0.25) is 0 Å². The molecule has 5 heteroatoms. The average molecular weight is 277 g/mol. The summed E-state index contributed by atoms with van der Waals surface area (Å²) >= 11 is 0. The molecule has 0 fully saturated rings. The van der Waals surface area contributed by atoms with Crippen LogP contribution in [0.25, 0.3) is 0 Å². The molecule has 0 saturated heterocycles. The second-order valence-electron chi connectivity index (χ2n) is 6.03. The smallest absolute Gasteiger partial charge is 0.490 e. The van der Waals surface area contributed by atoms with Crippen molar-refractivity contribution >= 4 is 18.3 Å². The zero-order valence-electron chi connectivity index (χ0n) is 13.0. The molecule has 1 aromatic rings. The Kier molecular flexibility index (Phi) is 5.25. The summed E-state index contributed by atoms with van der Waals surface area (Å²) in [5.74, 6) is 0.526. The van der Waals surface area contributed by atoms with E-state index in [0.29, 0.717) is 17.8 Å². The van der Waals surface area contributed by atoms with E-state index in [9.17, 15) is 10.0 Å². The first-order valence-corrected chi connectivity index (χ1v) is 6.64. The molecule has 0 unspecified atom stereocenters. The topological polar surface area (TPSA) is 52.9 Å². The van der Waals surface area contributed by atoms with Crippen molar-refractivity contribution in [3.05, 3.63) is 30.4 Å². The number of benzene rings is 1. The molecule has 0 bridgehead atoms. The highest BCUT2D eigenvalue weighted by Crippen LogP contribution is 2.33. The van der Waals surface area contributed by atoms with Crippen LogP contribution >= 0.6 is 0 Å². The standard InChI is InChI=1S/C15H24BNO3/c1-7-8-20-14-12(15(2,3)4)9-11(17(5)6)10-13(14)16(18)19/h7,9-10,18-19H,1,8H2,2-6H3. The van der Waals surface area contributed by atoms with Crippen molar-refractivity contribution in [3.8, 4) is 5.75 Å². The molecule has 2 N–H and O–H groups in total. The normalized spacial score (nSPS) is 11.2. The molecule has 20 heavy (non-hydrogen) atoms. The van der Waals surface area contributed by atoms with Gasteiger partial charge in [0.1, 0.15) is 12.4 Å². The van der Waals surface area contributed by atoms with Crippen LogP contribution < -0.4 is 15.1 Å². The first kappa shape index (κ1) is 16.6. The van der Waals surface area contributed by atoms with Crippen molar-refractivity contribution in [1.82, 2.24) is 0 Å². The summed E-state index contributed by atoms with van der Waals surface area (Å²) in [4.78, 5) is 1.93. The molecule has 1 rings (SSSR count). The lowest BCUT2D eigenvalue weighted by Gasteiger charge is -2.27. The summed E-state index contributed by atoms with van der Waals surface area (Å²) in [5.41, 5.74) is 2.05. The van der Waals surface area contributed by atoms with Gasteiger partial charge in [-0.25, -0.2) is 0 Å². The van der Waals surface area contributed by atoms with Gasteiger partial charge in [-0.3, -0.25) is 0 Å². The van der Waals surface area contributed by atoms with Crippen LogP contribution in [0.3, 0.4) is 0 Å². The lowest BCUT2D eigenvalue weighted by atomic mass is 9.74. The number of hydrogen-bond donors (Lipinski definition) is 2.